The number of nitrogens with zero attached hydrogens (tertiary/aromatic N) is 2. The number of hydrogen-bond donors (Lipinski definition) is 1. The molecule has 1 aromatic heterocycles. The van der Waals surface area contributed by atoms with Crippen molar-refractivity contribution in [1.29, 1.82) is 0 Å². The van der Waals surface area contributed by atoms with Crippen LogP contribution >= 0.6 is 15.9 Å². The van der Waals surface area contributed by atoms with Gasteiger partial charge in [-0.1, -0.05) is 0 Å². The van der Waals surface area contributed by atoms with Crippen LogP contribution in [0.2, 0.25) is 0 Å². The van der Waals surface area contributed by atoms with Crippen molar-refractivity contribution < 1.29 is 0 Å². The summed E-state index contributed by atoms with van der Waals surface area (Å²) < 4.78 is 2.81. The number of hydrogen-bond acceptors (Lipinski definition) is 2. The molecule has 0 aliphatic rings. The molecule has 0 unspecified atom stereocenters. The Hall–Kier alpha value is -0.510. The van der Waals surface area contributed by atoms with Crippen molar-refractivity contribution in [1.82, 2.24) is 9.78 Å². The van der Waals surface area contributed by atoms with E-state index in [0.717, 1.165) is 10.2 Å². The van der Waals surface area contributed by atoms with E-state index < -0.39 is 0 Å². The molecule has 0 aromatic carbocycles. The molecule has 0 spiro atoms. The number of halogens is 1. The van der Waals surface area contributed by atoms with Crippen molar-refractivity contribution in [3.63, 3.8) is 0 Å². The Morgan fingerprint density at radius 1 is 1.55 bits per heavy atom. The summed E-state index contributed by atoms with van der Waals surface area (Å²) >= 11 is 3.36. The summed E-state index contributed by atoms with van der Waals surface area (Å²) in [5, 5.41) is 4.16. The Bertz CT molecular complexity index is 265. The highest BCUT2D eigenvalue weighted by Crippen LogP contribution is 2.24. The predicted molar refractivity (Wildman–Crippen MR) is 49.5 cm³/mol. The summed E-state index contributed by atoms with van der Waals surface area (Å²) in [5.41, 5.74) is 6.68. The van der Waals surface area contributed by atoms with Gasteiger partial charge in [0, 0.05) is 6.04 Å². The van der Waals surface area contributed by atoms with Crippen LogP contribution < -0.4 is 5.73 Å². The Balaban J connectivity index is 3.19. The minimum Gasteiger partial charge on any atom is -0.381 e. The first-order valence-corrected chi connectivity index (χ1v) is 4.33. The molecule has 0 saturated heterocycles. The molecule has 3 nitrogen and oxygen atoms in total. The molecule has 62 valence electrons. The zero-order chi connectivity index (χ0) is 8.59. The monoisotopic (exact) mass is 217 g/mol. The largest absolute Gasteiger partial charge is 0.381 e. The molecule has 4 heteroatoms. The van der Waals surface area contributed by atoms with Crippen molar-refractivity contribution in [3.05, 3.63) is 10.2 Å². The molecule has 0 radical (unpaired) electrons. The molecule has 1 aromatic rings. The molecule has 0 atom stereocenters. The van der Waals surface area contributed by atoms with E-state index in [2.05, 4.69) is 34.9 Å². The van der Waals surface area contributed by atoms with Crippen molar-refractivity contribution in [3.8, 4) is 0 Å². The standard InChI is InChI=1S/C7H12BrN3/c1-4(2)11-5(3)6(8)7(9)10-11/h4H,1-3H3,(H2,9,10). The van der Waals surface area contributed by atoms with Gasteiger partial charge in [-0.05, 0) is 36.7 Å². The van der Waals surface area contributed by atoms with E-state index in [9.17, 15) is 0 Å². The molecule has 0 saturated carbocycles. The average molecular weight is 218 g/mol. The quantitative estimate of drug-likeness (QED) is 0.784. The molecule has 0 bridgehead atoms. The summed E-state index contributed by atoms with van der Waals surface area (Å²) in [4.78, 5) is 0. The summed E-state index contributed by atoms with van der Waals surface area (Å²) in [5.74, 6) is 0.566. The van der Waals surface area contributed by atoms with Gasteiger partial charge in [0.25, 0.3) is 0 Å². The molecule has 0 aliphatic heterocycles. The first kappa shape index (κ1) is 8.59. The van der Waals surface area contributed by atoms with Gasteiger partial charge in [-0.3, -0.25) is 4.68 Å². The van der Waals surface area contributed by atoms with Crippen molar-refractivity contribution >= 4 is 21.7 Å². The van der Waals surface area contributed by atoms with E-state index in [1.54, 1.807) is 0 Å². The van der Waals surface area contributed by atoms with Gasteiger partial charge in [-0.15, -0.1) is 0 Å². The van der Waals surface area contributed by atoms with E-state index in [0.29, 0.717) is 11.9 Å². The zero-order valence-electron chi connectivity index (χ0n) is 6.93. The third-order valence-electron chi connectivity index (χ3n) is 1.59. The van der Waals surface area contributed by atoms with Crippen LogP contribution in [-0.4, -0.2) is 9.78 Å². The molecule has 11 heavy (non-hydrogen) atoms. The smallest absolute Gasteiger partial charge is 0.160 e. The summed E-state index contributed by atoms with van der Waals surface area (Å²) in [6.45, 7) is 6.14. The van der Waals surface area contributed by atoms with Gasteiger partial charge in [-0.25, -0.2) is 0 Å². The fourth-order valence-corrected chi connectivity index (χ4v) is 1.28. The fraction of sp³-hybridized carbons (Fsp3) is 0.571. The predicted octanol–water partition coefficient (Wildman–Crippen LogP) is 2.12. The maximum Gasteiger partial charge on any atom is 0.160 e. The van der Waals surface area contributed by atoms with Gasteiger partial charge in [0.1, 0.15) is 0 Å². The minimum absolute atomic E-state index is 0.364. The Morgan fingerprint density at radius 3 is 2.27 bits per heavy atom. The lowest BCUT2D eigenvalue weighted by Crippen LogP contribution is -2.04. The Morgan fingerprint density at radius 2 is 2.09 bits per heavy atom. The van der Waals surface area contributed by atoms with Crippen LogP contribution in [-0.2, 0) is 0 Å². The van der Waals surface area contributed by atoms with Crippen molar-refractivity contribution in [2.75, 3.05) is 5.73 Å². The second kappa shape index (κ2) is 2.85. The van der Waals surface area contributed by atoms with E-state index >= 15 is 0 Å². The van der Waals surface area contributed by atoms with Crippen LogP contribution in [0.5, 0.6) is 0 Å². The molecule has 0 fully saturated rings. The van der Waals surface area contributed by atoms with E-state index in [4.69, 9.17) is 5.73 Å². The van der Waals surface area contributed by atoms with Gasteiger partial charge >= 0.3 is 0 Å². The van der Waals surface area contributed by atoms with E-state index in [1.165, 1.54) is 0 Å². The van der Waals surface area contributed by atoms with Gasteiger partial charge in [0.2, 0.25) is 0 Å². The molecule has 0 aliphatic carbocycles. The van der Waals surface area contributed by atoms with Crippen molar-refractivity contribution in [2.24, 2.45) is 0 Å². The maximum absolute atomic E-state index is 5.60. The van der Waals surface area contributed by atoms with Crippen molar-refractivity contribution in [2.45, 2.75) is 26.8 Å². The SMILES string of the molecule is Cc1c(Br)c(N)nn1C(C)C. The summed E-state index contributed by atoms with van der Waals surface area (Å²) in [6.07, 6.45) is 0. The lowest BCUT2D eigenvalue weighted by atomic mass is 10.4. The van der Waals surface area contributed by atoms with Gasteiger partial charge in [0.15, 0.2) is 5.82 Å². The van der Waals surface area contributed by atoms with Crippen LogP contribution in [0.15, 0.2) is 4.47 Å². The van der Waals surface area contributed by atoms with Crippen LogP contribution in [0.4, 0.5) is 5.82 Å². The lowest BCUT2D eigenvalue weighted by molar-refractivity contribution is 0.520. The molecule has 0 amide bonds. The topological polar surface area (TPSA) is 43.8 Å². The fourth-order valence-electron chi connectivity index (χ4n) is 1.02. The van der Waals surface area contributed by atoms with E-state index in [-0.39, 0.29) is 0 Å². The average Bonchev–Trinajstić information content (AvgIpc) is 2.17. The highest BCUT2D eigenvalue weighted by atomic mass is 79.9. The second-order valence-corrected chi connectivity index (χ2v) is 3.62. The number of nitrogen functional groups attached to an aromatic ring is 1. The molecular weight excluding hydrogens is 206 g/mol. The second-order valence-electron chi connectivity index (χ2n) is 2.82. The summed E-state index contributed by atoms with van der Waals surface area (Å²) in [7, 11) is 0. The van der Waals surface area contributed by atoms with E-state index in [1.807, 2.05) is 11.6 Å². The highest BCUT2D eigenvalue weighted by Gasteiger charge is 2.10. The third kappa shape index (κ3) is 1.40. The zero-order valence-corrected chi connectivity index (χ0v) is 8.51. The maximum atomic E-state index is 5.60. The van der Waals surface area contributed by atoms with Crippen LogP contribution in [0.25, 0.3) is 0 Å². The Kier molecular flexibility index (Phi) is 2.23. The number of nitrogens with two attached hydrogens (primary N) is 1. The molecule has 2 N–H and O–H groups in total. The summed E-state index contributed by atoms with van der Waals surface area (Å²) in [6, 6.07) is 0.364. The van der Waals surface area contributed by atoms with Crippen LogP contribution in [0.1, 0.15) is 25.6 Å². The minimum atomic E-state index is 0.364. The van der Waals surface area contributed by atoms with Gasteiger partial charge < -0.3 is 5.73 Å². The van der Waals surface area contributed by atoms with Gasteiger partial charge in [-0.2, -0.15) is 5.10 Å². The number of aromatic nitrogens is 2. The van der Waals surface area contributed by atoms with Crippen LogP contribution in [0.3, 0.4) is 0 Å². The third-order valence-corrected chi connectivity index (χ3v) is 2.57. The normalized spacial score (nSPS) is 11.0. The van der Waals surface area contributed by atoms with Crippen LogP contribution in [0, 0.1) is 6.92 Å². The molecule has 1 rings (SSSR count). The highest BCUT2D eigenvalue weighted by molar-refractivity contribution is 9.10. The number of anilines is 1. The van der Waals surface area contributed by atoms with Gasteiger partial charge in [0.05, 0.1) is 10.2 Å². The molecule has 1 heterocycles. The number of rotatable bonds is 1. The molecular formula is C7H12BrN3. The Labute approximate surface area is 74.7 Å². The first-order chi connectivity index (χ1) is 5.04. The first-order valence-electron chi connectivity index (χ1n) is 3.54. The lowest BCUT2D eigenvalue weighted by Gasteiger charge is -2.06.